The van der Waals surface area contributed by atoms with Crippen LogP contribution in [0, 0.1) is 0 Å². The average Bonchev–Trinajstić information content (AvgIpc) is 2.28. The lowest BCUT2D eigenvalue weighted by atomic mass is 10.0. The Morgan fingerprint density at radius 2 is 2.13 bits per heavy atom. The molecule has 3 N–H and O–H groups in total. The van der Waals surface area contributed by atoms with Crippen LogP contribution >= 0.6 is 15.9 Å². The van der Waals surface area contributed by atoms with Crippen LogP contribution in [0.1, 0.15) is 18.1 Å². The lowest BCUT2D eigenvalue weighted by Crippen LogP contribution is -2.18. The number of aliphatic hydroxyl groups is 2. The number of benzene rings is 1. The van der Waals surface area contributed by atoms with Gasteiger partial charge in [-0.05, 0) is 24.1 Å². The lowest BCUT2D eigenvalue weighted by molar-refractivity contribution is 0.0174. The Hall–Kier alpha value is -0.580. The summed E-state index contributed by atoms with van der Waals surface area (Å²) in [6.07, 6.45) is -1.02. The molecule has 1 aromatic rings. The molecule has 0 amide bonds. The summed E-state index contributed by atoms with van der Waals surface area (Å²) in [6, 6.07) is 7.41. The second-order valence-corrected chi connectivity index (χ2v) is 4.16. The molecule has 0 saturated carbocycles. The normalized spacial score (nSPS) is 14.7. The fourth-order valence-electron chi connectivity index (χ4n) is 1.37. The van der Waals surface area contributed by atoms with Crippen molar-refractivity contribution in [3.05, 3.63) is 29.8 Å². The Labute approximate surface area is 98.3 Å². The van der Waals surface area contributed by atoms with Crippen molar-refractivity contribution in [1.29, 1.82) is 0 Å². The van der Waals surface area contributed by atoms with Crippen LogP contribution in [0.25, 0.3) is 0 Å². The number of anilines is 1. The van der Waals surface area contributed by atoms with Gasteiger partial charge in [-0.2, -0.15) is 0 Å². The number of hydrogen-bond donors (Lipinski definition) is 3. The molecular formula is C11H16BrNO2. The Kier molecular flexibility index (Phi) is 5.08. The van der Waals surface area contributed by atoms with Crippen LogP contribution in [-0.2, 0) is 0 Å². The van der Waals surface area contributed by atoms with Gasteiger partial charge in [-0.3, -0.25) is 0 Å². The van der Waals surface area contributed by atoms with Crippen LogP contribution < -0.4 is 5.32 Å². The van der Waals surface area contributed by atoms with E-state index in [1.165, 1.54) is 0 Å². The fraction of sp³-hybridized carbons (Fsp3) is 0.455. The highest BCUT2D eigenvalue weighted by atomic mass is 79.9. The SMILES string of the molecule is CNc1cccc(C(O)C(O)CCBr)c1. The van der Waals surface area contributed by atoms with Crippen LogP contribution in [-0.4, -0.2) is 28.7 Å². The molecule has 0 bridgehead atoms. The Balaban J connectivity index is 2.76. The minimum absolute atomic E-state index is 0.533. The third kappa shape index (κ3) is 3.48. The molecule has 4 heteroatoms. The second kappa shape index (κ2) is 6.10. The topological polar surface area (TPSA) is 52.5 Å². The molecule has 15 heavy (non-hydrogen) atoms. The van der Waals surface area contributed by atoms with Crippen molar-refractivity contribution in [3.63, 3.8) is 0 Å². The summed E-state index contributed by atoms with van der Waals surface area (Å²) < 4.78 is 0. The van der Waals surface area contributed by atoms with E-state index in [1.54, 1.807) is 0 Å². The summed E-state index contributed by atoms with van der Waals surface area (Å²) in [6.45, 7) is 0. The van der Waals surface area contributed by atoms with Crippen LogP contribution in [0.15, 0.2) is 24.3 Å². The predicted octanol–water partition coefficient (Wildman–Crippen LogP) is 1.91. The van der Waals surface area contributed by atoms with E-state index in [1.807, 2.05) is 31.3 Å². The average molecular weight is 274 g/mol. The highest BCUT2D eigenvalue weighted by molar-refractivity contribution is 9.09. The standard InChI is InChI=1S/C11H16BrNO2/c1-13-9-4-2-3-8(7-9)11(15)10(14)5-6-12/h2-4,7,10-11,13-15H,5-6H2,1H3. The van der Waals surface area contributed by atoms with Gasteiger partial charge in [0.2, 0.25) is 0 Å². The first-order valence-corrected chi connectivity index (χ1v) is 6.01. The van der Waals surface area contributed by atoms with Gasteiger partial charge in [-0.25, -0.2) is 0 Å². The molecule has 1 rings (SSSR count). The van der Waals surface area contributed by atoms with E-state index >= 15 is 0 Å². The van der Waals surface area contributed by atoms with Gasteiger partial charge < -0.3 is 15.5 Å². The number of rotatable bonds is 5. The molecule has 0 heterocycles. The number of halogens is 1. The summed E-state index contributed by atoms with van der Waals surface area (Å²) in [7, 11) is 1.82. The van der Waals surface area contributed by atoms with Crippen LogP contribution in [0.4, 0.5) is 5.69 Å². The van der Waals surface area contributed by atoms with Gasteiger partial charge in [0.15, 0.2) is 0 Å². The highest BCUT2D eigenvalue weighted by Gasteiger charge is 2.17. The molecule has 0 aliphatic heterocycles. The largest absolute Gasteiger partial charge is 0.390 e. The number of hydrogen-bond acceptors (Lipinski definition) is 3. The number of aliphatic hydroxyl groups excluding tert-OH is 2. The van der Waals surface area contributed by atoms with Crippen molar-refractivity contribution >= 4 is 21.6 Å². The molecule has 0 radical (unpaired) electrons. The maximum atomic E-state index is 9.84. The third-order valence-corrected chi connectivity index (χ3v) is 2.74. The molecule has 0 saturated heterocycles. The van der Waals surface area contributed by atoms with E-state index in [0.29, 0.717) is 11.8 Å². The number of nitrogens with one attached hydrogen (secondary N) is 1. The van der Waals surface area contributed by atoms with Crippen molar-refractivity contribution in [1.82, 2.24) is 0 Å². The molecule has 0 aromatic heterocycles. The first kappa shape index (κ1) is 12.5. The van der Waals surface area contributed by atoms with Crippen molar-refractivity contribution < 1.29 is 10.2 Å². The summed E-state index contributed by atoms with van der Waals surface area (Å²) in [5.41, 5.74) is 1.66. The molecule has 2 unspecified atom stereocenters. The fourth-order valence-corrected chi connectivity index (χ4v) is 1.84. The van der Waals surface area contributed by atoms with Gasteiger partial charge in [0, 0.05) is 18.1 Å². The van der Waals surface area contributed by atoms with Gasteiger partial charge >= 0.3 is 0 Å². The highest BCUT2D eigenvalue weighted by Crippen LogP contribution is 2.22. The Morgan fingerprint density at radius 3 is 2.73 bits per heavy atom. The predicted molar refractivity (Wildman–Crippen MR) is 65.4 cm³/mol. The van der Waals surface area contributed by atoms with E-state index < -0.39 is 12.2 Å². The quantitative estimate of drug-likeness (QED) is 0.719. The maximum Gasteiger partial charge on any atom is 0.105 e. The monoisotopic (exact) mass is 273 g/mol. The van der Waals surface area contributed by atoms with Crippen LogP contribution in [0.5, 0.6) is 0 Å². The zero-order valence-corrected chi connectivity index (χ0v) is 10.2. The molecule has 2 atom stereocenters. The molecule has 1 aromatic carbocycles. The Morgan fingerprint density at radius 1 is 1.40 bits per heavy atom. The molecular weight excluding hydrogens is 258 g/mol. The van der Waals surface area contributed by atoms with Crippen LogP contribution in [0.3, 0.4) is 0 Å². The molecule has 0 aliphatic rings. The number of alkyl halides is 1. The molecule has 3 nitrogen and oxygen atoms in total. The van der Waals surface area contributed by atoms with Gasteiger partial charge in [0.1, 0.15) is 6.10 Å². The minimum Gasteiger partial charge on any atom is -0.390 e. The van der Waals surface area contributed by atoms with Crippen molar-refractivity contribution in [3.8, 4) is 0 Å². The smallest absolute Gasteiger partial charge is 0.105 e. The maximum absolute atomic E-state index is 9.84. The van der Waals surface area contributed by atoms with Crippen LogP contribution in [0.2, 0.25) is 0 Å². The van der Waals surface area contributed by atoms with E-state index in [4.69, 9.17) is 0 Å². The lowest BCUT2D eigenvalue weighted by Gasteiger charge is -2.17. The third-order valence-electron chi connectivity index (χ3n) is 2.29. The molecule has 84 valence electrons. The first-order valence-electron chi connectivity index (χ1n) is 4.89. The summed E-state index contributed by atoms with van der Waals surface area (Å²) in [5.74, 6) is 0. The van der Waals surface area contributed by atoms with Gasteiger partial charge in [-0.1, -0.05) is 28.1 Å². The summed E-state index contributed by atoms with van der Waals surface area (Å²) >= 11 is 3.24. The summed E-state index contributed by atoms with van der Waals surface area (Å²) in [4.78, 5) is 0. The van der Waals surface area contributed by atoms with E-state index in [-0.39, 0.29) is 0 Å². The molecule has 0 aliphatic carbocycles. The van der Waals surface area contributed by atoms with E-state index in [2.05, 4.69) is 21.2 Å². The van der Waals surface area contributed by atoms with Gasteiger partial charge in [-0.15, -0.1) is 0 Å². The second-order valence-electron chi connectivity index (χ2n) is 3.37. The van der Waals surface area contributed by atoms with E-state index in [0.717, 1.165) is 11.3 Å². The van der Waals surface area contributed by atoms with Crippen molar-refractivity contribution in [2.24, 2.45) is 0 Å². The molecule has 0 spiro atoms. The zero-order chi connectivity index (χ0) is 11.3. The first-order chi connectivity index (χ1) is 7.19. The van der Waals surface area contributed by atoms with Crippen molar-refractivity contribution in [2.45, 2.75) is 18.6 Å². The molecule has 0 fully saturated rings. The summed E-state index contributed by atoms with van der Waals surface area (Å²) in [5, 5.41) is 23.1. The minimum atomic E-state index is -0.823. The van der Waals surface area contributed by atoms with Gasteiger partial charge in [0.05, 0.1) is 6.10 Å². The Bertz CT molecular complexity index is 306. The zero-order valence-electron chi connectivity index (χ0n) is 8.65. The van der Waals surface area contributed by atoms with E-state index in [9.17, 15) is 10.2 Å². The van der Waals surface area contributed by atoms with Crippen molar-refractivity contribution in [2.75, 3.05) is 17.7 Å². The van der Waals surface area contributed by atoms with Gasteiger partial charge in [0.25, 0.3) is 0 Å².